The summed E-state index contributed by atoms with van der Waals surface area (Å²) in [5, 5.41) is 11.4. The standard InChI is InChI=1S/C14H16ClNO2/c1-3-5-11(17)10-8-16-14-9(13(10)15)6-4-7-12(14)18-2/h4,6-8,11,17H,3,5H2,1-2H3. The monoisotopic (exact) mass is 265 g/mol. The fourth-order valence-electron chi connectivity index (χ4n) is 2.00. The second-order valence-electron chi connectivity index (χ2n) is 4.19. The van der Waals surface area contributed by atoms with Gasteiger partial charge in [0.15, 0.2) is 0 Å². The van der Waals surface area contributed by atoms with Gasteiger partial charge < -0.3 is 9.84 Å². The van der Waals surface area contributed by atoms with Crippen LogP contribution < -0.4 is 4.74 Å². The van der Waals surface area contributed by atoms with Crippen molar-refractivity contribution in [3.05, 3.63) is 35.0 Å². The summed E-state index contributed by atoms with van der Waals surface area (Å²) in [6.45, 7) is 2.02. The summed E-state index contributed by atoms with van der Waals surface area (Å²) in [7, 11) is 1.60. The van der Waals surface area contributed by atoms with Gasteiger partial charge in [-0.25, -0.2) is 0 Å². The van der Waals surface area contributed by atoms with Gasteiger partial charge in [-0.05, 0) is 12.5 Å². The Labute approximate surface area is 111 Å². The predicted molar refractivity (Wildman–Crippen MR) is 73.2 cm³/mol. The molecule has 1 N–H and O–H groups in total. The quantitative estimate of drug-likeness (QED) is 0.916. The van der Waals surface area contributed by atoms with Crippen molar-refractivity contribution in [3.63, 3.8) is 0 Å². The molecule has 2 rings (SSSR count). The molecule has 1 heterocycles. The minimum atomic E-state index is -0.564. The third-order valence-corrected chi connectivity index (χ3v) is 3.38. The third-order valence-electron chi connectivity index (χ3n) is 2.96. The Morgan fingerprint density at radius 1 is 1.44 bits per heavy atom. The molecule has 1 unspecified atom stereocenters. The normalized spacial score (nSPS) is 12.7. The zero-order chi connectivity index (χ0) is 13.1. The van der Waals surface area contributed by atoms with Crippen molar-refractivity contribution < 1.29 is 9.84 Å². The number of halogens is 1. The molecular weight excluding hydrogens is 250 g/mol. The number of hydrogen-bond donors (Lipinski definition) is 1. The summed E-state index contributed by atoms with van der Waals surface area (Å²) >= 11 is 6.35. The van der Waals surface area contributed by atoms with Gasteiger partial charge in [-0.15, -0.1) is 0 Å². The van der Waals surface area contributed by atoms with Crippen molar-refractivity contribution in [2.75, 3.05) is 7.11 Å². The lowest BCUT2D eigenvalue weighted by atomic mass is 10.0. The van der Waals surface area contributed by atoms with Crippen LogP contribution in [0.3, 0.4) is 0 Å². The number of aliphatic hydroxyl groups excluding tert-OH is 1. The summed E-state index contributed by atoms with van der Waals surface area (Å²) in [5.74, 6) is 0.686. The number of aliphatic hydroxyl groups is 1. The van der Waals surface area contributed by atoms with Gasteiger partial charge in [-0.1, -0.05) is 37.1 Å². The number of pyridine rings is 1. The van der Waals surface area contributed by atoms with Crippen LogP contribution in [0.5, 0.6) is 5.75 Å². The van der Waals surface area contributed by atoms with Gasteiger partial charge >= 0.3 is 0 Å². The minimum absolute atomic E-state index is 0.555. The summed E-state index contributed by atoms with van der Waals surface area (Å²) in [6, 6.07) is 5.59. The lowest BCUT2D eigenvalue weighted by molar-refractivity contribution is 0.166. The molecule has 0 radical (unpaired) electrons. The van der Waals surface area contributed by atoms with E-state index in [4.69, 9.17) is 16.3 Å². The molecule has 3 nitrogen and oxygen atoms in total. The molecule has 0 aliphatic rings. The van der Waals surface area contributed by atoms with E-state index in [0.29, 0.717) is 22.8 Å². The molecule has 0 saturated heterocycles. The molecule has 0 bridgehead atoms. The highest BCUT2D eigenvalue weighted by Gasteiger charge is 2.15. The van der Waals surface area contributed by atoms with Crippen LogP contribution in [0.25, 0.3) is 10.9 Å². The number of nitrogens with zero attached hydrogens (tertiary/aromatic N) is 1. The van der Waals surface area contributed by atoms with E-state index in [9.17, 15) is 5.11 Å². The second-order valence-corrected chi connectivity index (χ2v) is 4.57. The van der Waals surface area contributed by atoms with E-state index in [2.05, 4.69) is 4.98 Å². The average Bonchev–Trinajstić information content (AvgIpc) is 2.39. The van der Waals surface area contributed by atoms with Crippen LogP contribution in [0.4, 0.5) is 0 Å². The van der Waals surface area contributed by atoms with Crippen molar-refractivity contribution in [2.24, 2.45) is 0 Å². The Hall–Kier alpha value is -1.32. The van der Waals surface area contributed by atoms with Gasteiger partial charge in [0.2, 0.25) is 0 Å². The molecule has 0 fully saturated rings. The second kappa shape index (κ2) is 5.55. The zero-order valence-corrected chi connectivity index (χ0v) is 11.2. The summed E-state index contributed by atoms with van der Waals surface area (Å²) in [6.07, 6.45) is 2.64. The lowest BCUT2D eigenvalue weighted by Crippen LogP contribution is -2.00. The predicted octanol–water partition coefficient (Wildman–Crippen LogP) is 3.73. The van der Waals surface area contributed by atoms with Crippen LogP contribution in [0.1, 0.15) is 31.4 Å². The van der Waals surface area contributed by atoms with Gasteiger partial charge in [0.05, 0.1) is 18.2 Å². The first kappa shape index (κ1) is 13.1. The molecule has 18 heavy (non-hydrogen) atoms. The SMILES string of the molecule is CCCC(O)c1cnc2c(OC)cccc2c1Cl. The van der Waals surface area contributed by atoms with E-state index < -0.39 is 6.10 Å². The highest BCUT2D eigenvalue weighted by atomic mass is 35.5. The fraction of sp³-hybridized carbons (Fsp3) is 0.357. The third kappa shape index (κ3) is 2.28. The van der Waals surface area contributed by atoms with E-state index in [1.165, 1.54) is 0 Å². The Bertz CT molecular complexity index is 557. The van der Waals surface area contributed by atoms with E-state index in [-0.39, 0.29) is 0 Å². The van der Waals surface area contributed by atoms with Crippen LogP contribution in [0.2, 0.25) is 5.02 Å². The Kier molecular flexibility index (Phi) is 4.04. The number of rotatable bonds is 4. The average molecular weight is 266 g/mol. The molecule has 1 atom stereocenters. The van der Waals surface area contributed by atoms with E-state index in [1.54, 1.807) is 13.3 Å². The minimum Gasteiger partial charge on any atom is -0.494 e. The largest absolute Gasteiger partial charge is 0.494 e. The van der Waals surface area contributed by atoms with Gasteiger partial charge in [-0.3, -0.25) is 4.98 Å². The molecule has 4 heteroatoms. The number of hydrogen-bond acceptors (Lipinski definition) is 3. The topological polar surface area (TPSA) is 42.4 Å². The van der Waals surface area contributed by atoms with E-state index in [1.807, 2.05) is 25.1 Å². The zero-order valence-electron chi connectivity index (χ0n) is 10.5. The van der Waals surface area contributed by atoms with Crippen molar-refractivity contribution in [3.8, 4) is 5.75 Å². The van der Waals surface area contributed by atoms with E-state index >= 15 is 0 Å². The molecule has 0 saturated carbocycles. The first-order valence-electron chi connectivity index (χ1n) is 5.98. The van der Waals surface area contributed by atoms with Crippen molar-refractivity contribution in [1.82, 2.24) is 4.98 Å². The van der Waals surface area contributed by atoms with Crippen molar-refractivity contribution >= 4 is 22.5 Å². The number of para-hydroxylation sites is 1. The number of benzene rings is 1. The van der Waals surface area contributed by atoms with Crippen molar-refractivity contribution in [2.45, 2.75) is 25.9 Å². The van der Waals surface area contributed by atoms with Gasteiger partial charge in [0.1, 0.15) is 11.3 Å². The molecule has 0 aliphatic heterocycles. The summed E-state index contributed by atoms with van der Waals surface area (Å²) in [5.41, 5.74) is 1.40. The molecule has 2 aromatic rings. The number of fused-ring (bicyclic) bond motifs is 1. The first-order chi connectivity index (χ1) is 8.69. The Balaban J connectivity index is 2.58. The smallest absolute Gasteiger partial charge is 0.145 e. The van der Waals surface area contributed by atoms with Crippen LogP contribution in [0.15, 0.2) is 24.4 Å². The summed E-state index contributed by atoms with van der Waals surface area (Å²) < 4.78 is 5.25. The van der Waals surface area contributed by atoms with Crippen LogP contribution >= 0.6 is 11.6 Å². The Morgan fingerprint density at radius 2 is 2.22 bits per heavy atom. The van der Waals surface area contributed by atoms with Crippen LogP contribution in [0, 0.1) is 0 Å². The molecule has 96 valence electrons. The molecule has 1 aromatic heterocycles. The number of aromatic nitrogens is 1. The molecule has 1 aromatic carbocycles. The molecular formula is C14H16ClNO2. The van der Waals surface area contributed by atoms with Gasteiger partial charge in [0.25, 0.3) is 0 Å². The number of methoxy groups -OCH3 is 1. The van der Waals surface area contributed by atoms with Crippen LogP contribution in [-0.2, 0) is 0 Å². The Morgan fingerprint density at radius 3 is 2.89 bits per heavy atom. The molecule has 0 amide bonds. The fourth-order valence-corrected chi connectivity index (χ4v) is 2.33. The lowest BCUT2D eigenvalue weighted by Gasteiger charge is -2.13. The van der Waals surface area contributed by atoms with Crippen molar-refractivity contribution in [1.29, 1.82) is 0 Å². The molecule has 0 spiro atoms. The summed E-state index contributed by atoms with van der Waals surface area (Å²) in [4.78, 5) is 4.35. The van der Waals surface area contributed by atoms with E-state index in [0.717, 1.165) is 17.3 Å². The maximum atomic E-state index is 10.0. The van der Waals surface area contributed by atoms with Gasteiger partial charge in [-0.2, -0.15) is 0 Å². The first-order valence-corrected chi connectivity index (χ1v) is 6.36. The maximum absolute atomic E-state index is 10.0. The highest BCUT2D eigenvalue weighted by molar-refractivity contribution is 6.36. The van der Waals surface area contributed by atoms with Gasteiger partial charge in [0, 0.05) is 17.1 Å². The molecule has 0 aliphatic carbocycles. The maximum Gasteiger partial charge on any atom is 0.145 e. The van der Waals surface area contributed by atoms with Crippen LogP contribution in [-0.4, -0.2) is 17.2 Å². The highest BCUT2D eigenvalue weighted by Crippen LogP contribution is 2.34. The number of ether oxygens (including phenoxy) is 1.